The summed E-state index contributed by atoms with van der Waals surface area (Å²) in [7, 11) is 0. The highest BCUT2D eigenvalue weighted by Gasteiger charge is 2.33. The van der Waals surface area contributed by atoms with E-state index in [9.17, 15) is 4.79 Å². The quantitative estimate of drug-likeness (QED) is 0.733. The molecule has 32 heavy (non-hydrogen) atoms. The molecule has 1 aromatic carbocycles. The van der Waals surface area contributed by atoms with Crippen LogP contribution in [0, 0.1) is 5.92 Å². The lowest BCUT2D eigenvalue weighted by Crippen LogP contribution is -2.50. The van der Waals surface area contributed by atoms with E-state index in [1.807, 2.05) is 30.6 Å². The molecular formula is C26H35N5O. The summed E-state index contributed by atoms with van der Waals surface area (Å²) in [6.07, 6.45) is 12.0. The first-order valence-electron chi connectivity index (χ1n) is 12.4. The molecule has 4 heterocycles. The van der Waals surface area contributed by atoms with E-state index in [1.165, 1.54) is 32.4 Å². The number of hydrogen-bond acceptors (Lipinski definition) is 5. The van der Waals surface area contributed by atoms with Crippen molar-refractivity contribution >= 4 is 11.9 Å². The van der Waals surface area contributed by atoms with Gasteiger partial charge in [-0.05, 0) is 57.2 Å². The lowest BCUT2D eigenvalue weighted by molar-refractivity contribution is -0.137. The topological polar surface area (TPSA) is 52.6 Å². The molecule has 0 N–H and O–H groups in total. The fourth-order valence-electron chi connectivity index (χ4n) is 5.58. The second-order valence-corrected chi connectivity index (χ2v) is 9.55. The van der Waals surface area contributed by atoms with Crippen LogP contribution in [0.2, 0.25) is 0 Å². The molecule has 3 saturated heterocycles. The van der Waals surface area contributed by atoms with E-state index in [4.69, 9.17) is 0 Å². The van der Waals surface area contributed by atoms with E-state index in [-0.39, 0.29) is 5.92 Å². The average molecular weight is 434 g/mol. The Labute approximate surface area is 191 Å². The van der Waals surface area contributed by atoms with Gasteiger partial charge in [-0.15, -0.1) is 0 Å². The standard InChI is InChI=1S/C26H35N5O/c32-25(30-17-11-24(12-18-30)29-13-5-2-6-14-29)22-9-15-31(16-10-22)26-27-19-23(20-28-26)21-7-3-1-4-8-21/h1,3-4,7-8,19-20,22,24H,2,5-6,9-18H2. The lowest BCUT2D eigenvalue weighted by Gasteiger charge is -2.41. The molecule has 1 amide bonds. The molecule has 0 bridgehead atoms. The van der Waals surface area contributed by atoms with Crippen molar-refractivity contribution in [3.05, 3.63) is 42.7 Å². The minimum atomic E-state index is 0.154. The van der Waals surface area contributed by atoms with Gasteiger partial charge >= 0.3 is 0 Å². The van der Waals surface area contributed by atoms with Crippen LogP contribution in [0.3, 0.4) is 0 Å². The fraction of sp³-hybridized carbons (Fsp3) is 0.577. The minimum Gasteiger partial charge on any atom is -0.342 e. The third-order valence-electron chi connectivity index (χ3n) is 7.56. The molecule has 3 fully saturated rings. The number of aromatic nitrogens is 2. The van der Waals surface area contributed by atoms with Crippen LogP contribution >= 0.6 is 0 Å². The van der Waals surface area contributed by atoms with Crippen molar-refractivity contribution in [1.82, 2.24) is 19.8 Å². The molecule has 0 unspecified atom stereocenters. The molecule has 3 aliphatic rings. The number of anilines is 1. The van der Waals surface area contributed by atoms with Crippen molar-refractivity contribution in [3.63, 3.8) is 0 Å². The van der Waals surface area contributed by atoms with Crippen LogP contribution in [0.1, 0.15) is 44.9 Å². The second kappa shape index (κ2) is 9.99. The van der Waals surface area contributed by atoms with Gasteiger partial charge in [-0.3, -0.25) is 4.79 Å². The van der Waals surface area contributed by atoms with Crippen molar-refractivity contribution in [2.24, 2.45) is 5.92 Å². The summed E-state index contributed by atoms with van der Waals surface area (Å²) in [5, 5.41) is 0. The summed E-state index contributed by atoms with van der Waals surface area (Å²) in [4.78, 5) is 29.4. The van der Waals surface area contributed by atoms with Crippen LogP contribution in [0.5, 0.6) is 0 Å². The van der Waals surface area contributed by atoms with Gasteiger partial charge in [0, 0.05) is 56.1 Å². The molecule has 2 aromatic rings. The average Bonchev–Trinajstić information content (AvgIpc) is 2.90. The van der Waals surface area contributed by atoms with Gasteiger partial charge in [0.25, 0.3) is 0 Å². The molecule has 0 radical (unpaired) electrons. The number of carbonyl (C=O) groups is 1. The largest absolute Gasteiger partial charge is 0.342 e. The molecule has 0 saturated carbocycles. The number of amides is 1. The summed E-state index contributed by atoms with van der Waals surface area (Å²) in [5.41, 5.74) is 2.17. The molecule has 6 nitrogen and oxygen atoms in total. The minimum absolute atomic E-state index is 0.154. The fourth-order valence-corrected chi connectivity index (χ4v) is 5.58. The SMILES string of the molecule is O=C(C1CCN(c2ncc(-c3ccccc3)cn2)CC1)N1CCC(N2CCCCC2)CC1. The highest BCUT2D eigenvalue weighted by Crippen LogP contribution is 2.26. The molecule has 3 aliphatic heterocycles. The van der Waals surface area contributed by atoms with Crippen LogP contribution in [-0.4, -0.2) is 71.0 Å². The van der Waals surface area contributed by atoms with Crippen molar-refractivity contribution in [1.29, 1.82) is 0 Å². The van der Waals surface area contributed by atoms with E-state index < -0.39 is 0 Å². The number of carbonyl (C=O) groups excluding carboxylic acids is 1. The van der Waals surface area contributed by atoms with E-state index in [0.717, 1.165) is 68.9 Å². The Morgan fingerprint density at radius 1 is 0.750 bits per heavy atom. The van der Waals surface area contributed by atoms with Crippen LogP contribution in [0.15, 0.2) is 42.7 Å². The number of piperidine rings is 3. The zero-order chi connectivity index (χ0) is 21.8. The van der Waals surface area contributed by atoms with Gasteiger partial charge in [-0.2, -0.15) is 0 Å². The Bertz CT molecular complexity index is 865. The molecule has 5 rings (SSSR count). The summed E-state index contributed by atoms with van der Waals surface area (Å²) < 4.78 is 0. The van der Waals surface area contributed by atoms with E-state index in [1.54, 1.807) is 0 Å². The zero-order valence-corrected chi connectivity index (χ0v) is 19.0. The molecule has 6 heteroatoms. The number of likely N-dealkylation sites (tertiary alicyclic amines) is 2. The highest BCUT2D eigenvalue weighted by molar-refractivity contribution is 5.79. The number of rotatable bonds is 4. The van der Waals surface area contributed by atoms with Crippen molar-refractivity contribution in [3.8, 4) is 11.1 Å². The summed E-state index contributed by atoms with van der Waals surface area (Å²) in [5.74, 6) is 1.31. The Morgan fingerprint density at radius 3 is 2.06 bits per heavy atom. The smallest absolute Gasteiger partial charge is 0.225 e. The molecule has 170 valence electrons. The van der Waals surface area contributed by atoms with Crippen molar-refractivity contribution < 1.29 is 4.79 Å². The number of nitrogens with zero attached hydrogens (tertiary/aromatic N) is 5. The maximum atomic E-state index is 13.1. The molecule has 0 atom stereocenters. The Hall–Kier alpha value is -2.47. The first kappa shape index (κ1) is 21.4. The third-order valence-corrected chi connectivity index (χ3v) is 7.56. The van der Waals surface area contributed by atoms with Gasteiger partial charge in [-0.1, -0.05) is 36.8 Å². The van der Waals surface area contributed by atoms with Crippen LogP contribution in [-0.2, 0) is 4.79 Å². The molecule has 0 aliphatic carbocycles. The molecule has 0 spiro atoms. The maximum Gasteiger partial charge on any atom is 0.225 e. The monoisotopic (exact) mass is 433 g/mol. The number of benzene rings is 1. The first-order chi connectivity index (χ1) is 15.8. The molecular weight excluding hydrogens is 398 g/mol. The van der Waals surface area contributed by atoms with Gasteiger partial charge in [0.15, 0.2) is 0 Å². The van der Waals surface area contributed by atoms with Crippen LogP contribution < -0.4 is 4.90 Å². The summed E-state index contributed by atoms with van der Waals surface area (Å²) in [6.45, 7) is 6.09. The summed E-state index contributed by atoms with van der Waals surface area (Å²) >= 11 is 0. The highest BCUT2D eigenvalue weighted by atomic mass is 16.2. The van der Waals surface area contributed by atoms with Crippen molar-refractivity contribution in [2.45, 2.75) is 51.0 Å². The normalized spacial score (nSPS) is 21.6. The van der Waals surface area contributed by atoms with Crippen LogP contribution in [0.4, 0.5) is 5.95 Å². The second-order valence-electron chi connectivity index (χ2n) is 9.55. The van der Waals surface area contributed by atoms with Gasteiger partial charge in [0.05, 0.1) is 0 Å². The number of hydrogen-bond donors (Lipinski definition) is 0. The third kappa shape index (κ3) is 4.80. The Kier molecular flexibility index (Phi) is 6.67. The van der Waals surface area contributed by atoms with Gasteiger partial charge < -0.3 is 14.7 Å². The Balaban J connectivity index is 1.10. The predicted octanol–water partition coefficient (Wildman–Crippen LogP) is 3.84. The summed E-state index contributed by atoms with van der Waals surface area (Å²) in [6, 6.07) is 10.9. The first-order valence-corrected chi connectivity index (χ1v) is 12.4. The van der Waals surface area contributed by atoms with Gasteiger partial charge in [0.1, 0.15) is 0 Å². The maximum absolute atomic E-state index is 13.1. The van der Waals surface area contributed by atoms with Crippen LogP contribution in [0.25, 0.3) is 11.1 Å². The Morgan fingerprint density at radius 2 is 1.41 bits per heavy atom. The van der Waals surface area contributed by atoms with E-state index >= 15 is 0 Å². The lowest BCUT2D eigenvalue weighted by atomic mass is 9.93. The predicted molar refractivity (Wildman–Crippen MR) is 127 cm³/mol. The molecule has 1 aromatic heterocycles. The van der Waals surface area contributed by atoms with Gasteiger partial charge in [-0.25, -0.2) is 9.97 Å². The van der Waals surface area contributed by atoms with E-state index in [2.05, 4.69) is 36.8 Å². The van der Waals surface area contributed by atoms with Gasteiger partial charge in [0.2, 0.25) is 11.9 Å². The van der Waals surface area contributed by atoms with E-state index in [0.29, 0.717) is 11.9 Å². The zero-order valence-electron chi connectivity index (χ0n) is 19.0. The van der Waals surface area contributed by atoms with Crippen molar-refractivity contribution in [2.75, 3.05) is 44.2 Å².